The third kappa shape index (κ3) is 2.82. The predicted octanol–water partition coefficient (Wildman–Crippen LogP) is 2.44. The molecule has 3 aliphatic heterocycles. The van der Waals surface area contributed by atoms with E-state index in [1.165, 1.54) is 44.1 Å². The Balaban J connectivity index is 1.29. The summed E-state index contributed by atoms with van der Waals surface area (Å²) in [6.45, 7) is 3.60. The highest BCUT2D eigenvalue weighted by atomic mass is 16.2. The molecule has 2 atom stereocenters. The number of hydrogen-bond acceptors (Lipinski definition) is 4. The van der Waals surface area contributed by atoms with Gasteiger partial charge in [0.15, 0.2) is 0 Å². The lowest BCUT2D eigenvalue weighted by Gasteiger charge is -2.36. The molecule has 0 aromatic carbocycles. The van der Waals surface area contributed by atoms with Gasteiger partial charge in [-0.25, -0.2) is 4.98 Å². The number of amides is 1. The van der Waals surface area contributed by atoms with Gasteiger partial charge in [0.2, 0.25) is 5.91 Å². The van der Waals surface area contributed by atoms with Gasteiger partial charge in [0.05, 0.1) is 12.2 Å². The van der Waals surface area contributed by atoms with Gasteiger partial charge in [-0.05, 0) is 43.2 Å². The highest BCUT2D eigenvalue weighted by Crippen LogP contribution is 2.34. The van der Waals surface area contributed by atoms with E-state index in [0.29, 0.717) is 30.5 Å². The first-order valence-electron chi connectivity index (χ1n) is 10.0. The van der Waals surface area contributed by atoms with Crippen LogP contribution in [0.1, 0.15) is 56.2 Å². The maximum atomic E-state index is 12.7. The number of hydrogen-bond donors (Lipinski definition) is 1. The Labute approximate surface area is 149 Å². The second-order valence-electron chi connectivity index (χ2n) is 8.33. The molecule has 0 spiro atoms. The number of carbonyl (C=O) groups excluding carboxylic acids is 1. The van der Waals surface area contributed by atoms with Crippen molar-refractivity contribution in [1.82, 2.24) is 15.2 Å². The maximum Gasteiger partial charge on any atom is 0.223 e. The van der Waals surface area contributed by atoms with Crippen LogP contribution >= 0.6 is 0 Å². The molecule has 3 fully saturated rings. The zero-order valence-electron chi connectivity index (χ0n) is 14.9. The number of nitrogens with zero attached hydrogens (tertiary/aromatic N) is 3. The van der Waals surface area contributed by atoms with E-state index < -0.39 is 0 Å². The predicted molar refractivity (Wildman–Crippen MR) is 97.2 cm³/mol. The standard InChI is InChI=1S/C20H28N4O/c25-20(9-14-3-1-2-4-14)23-12-15-5-8-19(22-18(15)13-23)24-16-6-7-17(24)11-21-10-16/h5,8,14,16-17,21H,1-4,6-7,9-13H2. The van der Waals surface area contributed by atoms with Crippen molar-refractivity contribution < 1.29 is 4.79 Å². The molecule has 2 bridgehead atoms. The van der Waals surface area contributed by atoms with Gasteiger partial charge in [0.25, 0.3) is 0 Å². The van der Waals surface area contributed by atoms with Crippen LogP contribution in [0.3, 0.4) is 0 Å². The van der Waals surface area contributed by atoms with Crippen LogP contribution in [0.4, 0.5) is 5.82 Å². The number of piperazine rings is 1. The average molecular weight is 340 g/mol. The van der Waals surface area contributed by atoms with Gasteiger partial charge in [-0.3, -0.25) is 4.79 Å². The molecule has 2 unspecified atom stereocenters. The van der Waals surface area contributed by atoms with Crippen molar-refractivity contribution in [1.29, 1.82) is 0 Å². The number of fused-ring (bicyclic) bond motifs is 3. The first-order valence-corrected chi connectivity index (χ1v) is 10.0. The lowest BCUT2D eigenvalue weighted by Crippen LogP contribution is -2.52. The third-order valence-corrected chi connectivity index (χ3v) is 6.69. The molecule has 1 aliphatic carbocycles. The van der Waals surface area contributed by atoms with Gasteiger partial charge < -0.3 is 15.1 Å². The Hall–Kier alpha value is -1.62. The fraction of sp³-hybridized carbons (Fsp3) is 0.700. The van der Waals surface area contributed by atoms with E-state index in [9.17, 15) is 4.79 Å². The van der Waals surface area contributed by atoms with Crippen molar-refractivity contribution in [3.8, 4) is 0 Å². The number of carbonyl (C=O) groups is 1. The highest BCUT2D eigenvalue weighted by molar-refractivity contribution is 5.77. The molecule has 134 valence electrons. The fourth-order valence-electron chi connectivity index (χ4n) is 5.31. The van der Waals surface area contributed by atoms with Gasteiger partial charge in [-0.2, -0.15) is 0 Å². The molecular weight excluding hydrogens is 312 g/mol. The molecule has 1 amide bonds. The number of rotatable bonds is 3. The van der Waals surface area contributed by atoms with Crippen LogP contribution < -0.4 is 10.2 Å². The molecule has 0 radical (unpaired) electrons. The van der Waals surface area contributed by atoms with Crippen molar-refractivity contribution in [2.45, 2.75) is 70.1 Å². The maximum absolute atomic E-state index is 12.7. The first kappa shape index (κ1) is 15.6. The second kappa shape index (κ2) is 6.27. The van der Waals surface area contributed by atoms with Crippen LogP contribution in [0, 0.1) is 5.92 Å². The van der Waals surface area contributed by atoms with Gasteiger partial charge in [0, 0.05) is 38.1 Å². The van der Waals surface area contributed by atoms with Crippen LogP contribution in [0.2, 0.25) is 0 Å². The van der Waals surface area contributed by atoms with Crippen LogP contribution in [0.25, 0.3) is 0 Å². The van der Waals surface area contributed by atoms with Gasteiger partial charge in [-0.1, -0.05) is 18.9 Å². The number of anilines is 1. The van der Waals surface area contributed by atoms with Crippen molar-refractivity contribution >= 4 is 11.7 Å². The monoisotopic (exact) mass is 340 g/mol. The molecule has 5 heteroatoms. The molecule has 1 saturated carbocycles. The summed E-state index contributed by atoms with van der Waals surface area (Å²) in [6, 6.07) is 5.57. The van der Waals surface area contributed by atoms with E-state index in [0.717, 1.165) is 37.6 Å². The summed E-state index contributed by atoms with van der Waals surface area (Å²) in [5, 5.41) is 3.53. The summed E-state index contributed by atoms with van der Waals surface area (Å²) >= 11 is 0. The number of aromatic nitrogens is 1. The summed E-state index contributed by atoms with van der Waals surface area (Å²) in [4.78, 5) is 22.2. The minimum absolute atomic E-state index is 0.327. The molecule has 4 aliphatic rings. The van der Waals surface area contributed by atoms with Gasteiger partial charge in [-0.15, -0.1) is 0 Å². The summed E-state index contributed by atoms with van der Waals surface area (Å²) in [7, 11) is 0. The Morgan fingerprint density at radius 2 is 1.84 bits per heavy atom. The zero-order chi connectivity index (χ0) is 16.8. The van der Waals surface area contributed by atoms with E-state index in [4.69, 9.17) is 4.98 Å². The Bertz CT molecular complexity index is 654. The van der Waals surface area contributed by atoms with E-state index in [1.807, 2.05) is 4.90 Å². The molecule has 4 heterocycles. The van der Waals surface area contributed by atoms with Gasteiger partial charge >= 0.3 is 0 Å². The molecule has 1 N–H and O–H groups in total. The average Bonchev–Trinajstić information content (AvgIpc) is 3.32. The van der Waals surface area contributed by atoms with Crippen molar-refractivity contribution in [2.75, 3.05) is 18.0 Å². The van der Waals surface area contributed by atoms with Crippen molar-refractivity contribution in [3.05, 3.63) is 23.4 Å². The van der Waals surface area contributed by atoms with E-state index in [1.54, 1.807) is 0 Å². The topological polar surface area (TPSA) is 48.5 Å². The van der Waals surface area contributed by atoms with Crippen LogP contribution in [-0.2, 0) is 17.9 Å². The molecule has 5 nitrogen and oxygen atoms in total. The summed E-state index contributed by atoms with van der Waals surface area (Å²) in [5.41, 5.74) is 2.36. The van der Waals surface area contributed by atoms with Crippen molar-refractivity contribution in [2.24, 2.45) is 5.92 Å². The smallest absolute Gasteiger partial charge is 0.223 e. The van der Waals surface area contributed by atoms with Crippen LogP contribution in [0.15, 0.2) is 12.1 Å². The minimum Gasteiger partial charge on any atom is -0.348 e. The summed E-state index contributed by atoms with van der Waals surface area (Å²) < 4.78 is 0. The first-order chi connectivity index (χ1) is 12.3. The van der Waals surface area contributed by atoms with E-state index in [2.05, 4.69) is 22.3 Å². The Kier molecular flexibility index (Phi) is 3.92. The fourth-order valence-corrected chi connectivity index (χ4v) is 5.31. The van der Waals surface area contributed by atoms with E-state index in [-0.39, 0.29) is 0 Å². The Morgan fingerprint density at radius 3 is 2.60 bits per heavy atom. The van der Waals surface area contributed by atoms with Crippen LogP contribution in [0.5, 0.6) is 0 Å². The second-order valence-corrected chi connectivity index (χ2v) is 8.33. The Morgan fingerprint density at radius 1 is 1.08 bits per heavy atom. The quantitative estimate of drug-likeness (QED) is 0.918. The molecular formula is C20H28N4O. The number of nitrogens with one attached hydrogen (secondary N) is 1. The zero-order valence-corrected chi connectivity index (χ0v) is 14.9. The SMILES string of the molecule is O=C(CC1CCCC1)N1Cc2ccc(N3C4CCC3CNC4)nc2C1. The molecule has 1 aromatic heterocycles. The normalized spacial score (nSPS) is 28.6. The van der Waals surface area contributed by atoms with Gasteiger partial charge in [0.1, 0.15) is 5.82 Å². The van der Waals surface area contributed by atoms with Crippen molar-refractivity contribution in [3.63, 3.8) is 0 Å². The lowest BCUT2D eigenvalue weighted by atomic mass is 10.0. The third-order valence-electron chi connectivity index (χ3n) is 6.69. The lowest BCUT2D eigenvalue weighted by molar-refractivity contribution is -0.132. The molecule has 25 heavy (non-hydrogen) atoms. The summed E-state index contributed by atoms with van der Waals surface area (Å²) in [6.07, 6.45) is 8.35. The summed E-state index contributed by atoms with van der Waals surface area (Å²) in [5.74, 6) is 2.07. The molecule has 1 aromatic rings. The highest BCUT2D eigenvalue weighted by Gasteiger charge is 2.38. The molecule has 2 saturated heterocycles. The molecule has 5 rings (SSSR count). The van der Waals surface area contributed by atoms with E-state index >= 15 is 0 Å². The number of pyridine rings is 1. The largest absolute Gasteiger partial charge is 0.348 e. The van der Waals surface area contributed by atoms with Crippen LogP contribution in [-0.4, -0.2) is 41.0 Å². The minimum atomic E-state index is 0.327.